The summed E-state index contributed by atoms with van der Waals surface area (Å²) < 4.78 is 5.72. The maximum absolute atomic E-state index is 12.2. The van der Waals surface area contributed by atoms with Crippen LogP contribution in [0.2, 0.25) is 0 Å². The standard InChI is InChI=1S/C17H22N2O2/c1-4-9-14(21-5-2)16-18-15(12(3)17(20)19-16)13-10-7-6-8-11-13/h6-8,10-11,14H,4-5,9H2,1-3H3,(H,18,19,20). The molecule has 0 fully saturated rings. The smallest absolute Gasteiger partial charge is 0.254 e. The maximum atomic E-state index is 12.2. The second kappa shape index (κ2) is 7.18. The van der Waals surface area contributed by atoms with Crippen molar-refractivity contribution in [2.75, 3.05) is 6.61 Å². The molecule has 1 aromatic heterocycles. The number of hydrogen-bond donors (Lipinski definition) is 1. The molecule has 0 amide bonds. The predicted octanol–water partition coefficient (Wildman–Crippen LogP) is 3.62. The van der Waals surface area contributed by atoms with E-state index < -0.39 is 0 Å². The van der Waals surface area contributed by atoms with Gasteiger partial charge in [0.1, 0.15) is 11.9 Å². The Labute approximate surface area is 125 Å². The number of ether oxygens (including phenoxy) is 1. The van der Waals surface area contributed by atoms with Gasteiger partial charge in [0.2, 0.25) is 0 Å². The summed E-state index contributed by atoms with van der Waals surface area (Å²) in [6.45, 7) is 6.44. The molecule has 0 saturated carbocycles. The summed E-state index contributed by atoms with van der Waals surface area (Å²) in [4.78, 5) is 19.7. The van der Waals surface area contributed by atoms with Gasteiger partial charge in [-0.3, -0.25) is 4.79 Å². The number of aromatic nitrogens is 2. The molecular formula is C17H22N2O2. The van der Waals surface area contributed by atoms with Crippen LogP contribution in [-0.2, 0) is 4.74 Å². The molecule has 4 heteroatoms. The second-order valence-electron chi connectivity index (χ2n) is 5.02. The molecule has 1 atom stereocenters. The van der Waals surface area contributed by atoms with E-state index in [0.717, 1.165) is 24.1 Å². The highest BCUT2D eigenvalue weighted by molar-refractivity contribution is 5.62. The second-order valence-corrected chi connectivity index (χ2v) is 5.02. The van der Waals surface area contributed by atoms with Crippen LogP contribution < -0.4 is 5.56 Å². The fourth-order valence-electron chi connectivity index (χ4n) is 2.34. The van der Waals surface area contributed by atoms with Gasteiger partial charge in [-0.2, -0.15) is 0 Å². The molecule has 1 heterocycles. The third-order valence-corrected chi connectivity index (χ3v) is 3.44. The molecule has 1 unspecified atom stereocenters. The molecule has 112 valence electrons. The zero-order valence-corrected chi connectivity index (χ0v) is 12.8. The Morgan fingerprint density at radius 1 is 1.24 bits per heavy atom. The number of benzene rings is 1. The lowest BCUT2D eigenvalue weighted by Gasteiger charge is -2.17. The van der Waals surface area contributed by atoms with Gasteiger partial charge in [-0.1, -0.05) is 43.7 Å². The Morgan fingerprint density at radius 3 is 2.57 bits per heavy atom. The molecule has 0 aliphatic rings. The first kappa shape index (κ1) is 15.4. The summed E-state index contributed by atoms with van der Waals surface area (Å²) in [6.07, 6.45) is 1.66. The van der Waals surface area contributed by atoms with Gasteiger partial charge in [-0.15, -0.1) is 0 Å². The van der Waals surface area contributed by atoms with Crippen LogP contribution >= 0.6 is 0 Å². The first-order valence-electron chi connectivity index (χ1n) is 7.45. The monoisotopic (exact) mass is 286 g/mol. The minimum absolute atomic E-state index is 0.0975. The van der Waals surface area contributed by atoms with E-state index in [4.69, 9.17) is 4.74 Å². The highest BCUT2D eigenvalue weighted by atomic mass is 16.5. The third-order valence-electron chi connectivity index (χ3n) is 3.44. The molecule has 0 spiro atoms. The van der Waals surface area contributed by atoms with E-state index in [1.165, 1.54) is 0 Å². The molecular weight excluding hydrogens is 264 g/mol. The molecule has 21 heavy (non-hydrogen) atoms. The quantitative estimate of drug-likeness (QED) is 0.882. The minimum atomic E-state index is -0.157. The topological polar surface area (TPSA) is 55.0 Å². The van der Waals surface area contributed by atoms with Crippen LogP contribution in [0.5, 0.6) is 0 Å². The van der Waals surface area contributed by atoms with Gasteiger partial charge in [0.05, 0.1) is 5.69 Å². The molecule has 4 nitrogen and oxygen atoms in total. The van der Waals surface area contributed by atoms with Gasteiger partial charge >= 0.3 is 0 Å². The fraction of sp³-hybridized carbons (Fsp3) is 0.412. The van der Waals surface area contributed by atoms with Crippen LogP contribution in [0.15, 0.2) is 35.1 Å². The summed E-state index contributed by atoms with van der Waals surface area (Å²) in [7, 11) is 0. The number of aromatic amines is 1. The molecule has 1 N–H and O–H groups in total. The van der Waals surface area contributed by atoms with Crippen LogP contribution in [0.4, 0.5) is 0 Å². The van der Waals surface area contributed by atoms with E-state index >= 15 is 0 Å². The van der Waals surface area contributed by atoms with Crippen LogP contribution in [0, 0.1) is 6.92 Å². The van der Waals surface area contributed by atoms with Crippen LogP contribution in [0.1, 0.15) is 44.2 Å². The highest BCUT2D eigenvalue weighted by Crippen LogP contribution is 2.23. The van der Waals surface area contributed by atoms with E-state index in [2.05, 4.69) is 16.9 Å². The van der Waals surface area contributed by atoms with Crippen molar-refractivity contribution >= 4 is 0 Å². The number of hydrogen-bond acceptors (Lipinski definition) is 3. The van der Waals surface area contributed by atoms with Gasteiger partial charge in [0.25, 0.3) is 5.56 Å². The highest BCUT2D eigenvalue weighted by Gasteiger charge is 2.17. The molecule has 0 radical (unpaired) electrons. The van der Waals surface area contributed by atoms with Crippen LogP contribution in [-0.4, -0.2) is 16.6 Å². The lowest BCUT2D eigenvalue weighted by Crippen LogP contribution is -2.19. The Hall–Kier alpha value is -1.94. The van der Waals surface area contributed by atoms with E-state index in [1.807, 2.05) is 37.3 Å². The molecule has 2 aromatic rings. The lowest BCUT2D eigenvalue weighted by atomic mass is 10.1. The molecule has 0 aliphatic heterocycles. The average molecular weight is 286 g/mol. The molecule has 0 aliphatic carbocycles. The van der Waals surface area contributed by atoms with Gasteiger partial charge in [-0.25, -0.2) is 4.98 Å². The third kappa shape index (κ3) is 3.58. The van der Waals surface area contributed by atoms with Crippen LogP contribution in [0.25, 0.3) is 11.3 Å². The van der Waals surface area contributed by atoms with Crippen molar-refractivity contribution in [3.63, 3.8) is 0 Å². The van der Waals surface area contributed by atoms with E-state index in [-0.39, 0.29) is 11.7 Å². The maximum Gasteiger partial charge on any atom is 0.254 e. The normalized spacial score (nSPS) is 12.3. The Balaban J connectivity index is 2.50. The van der Waals surface area contributed by atoms with Gasteiger partial charge in [0.15, 0.2) is 0 Å². The molecule has 2 rings (SSSR count). The van der Waals surface area contributed by atoms with Gasteiger partial charge in [0, 0.05) is 17.7 Å². The van der Waals surface area contributed by atoms with Crippen molar-refractivity contribution in [1.29, 1.82) is 0 Å². The van der Waals surface area contributed by atoms with Crippen molar-refractivity contribution < 1.29 is 4.74 Å². The SMILES string of the molecule is CCCC(OCC)c1nc(-c2ccccc2)c(C)c(=O)[nH]1. The molecule has 0 bridgehead atoms. The van der Waals surface area contributed by atoms with E-state index in [9.17, 15) is 4.79 Å². The summed E-state index contributed by atoms with van der Waals surface area (Å²) in [5, 5.41) is 0. The lowest BCUT2D eigenvalue weighted by molar-refractivity contribution is 0.0492. The molecule has 1 aromatic carbocycles. The first-order chi connectivity index (χ1) is 10.2. The van der Waals surface area contributed by atoms with Gasteiger partial charge in [-0.05, 0) is 20.3 Å². The summed E-state index contributed by atoms with van der Waals surface area (Å²) >= 11 is 0. The Morgan fingerprint density at radius 2 is 1.95 bits per heavy atom. The number of rotatable bonds is 6. The van der Waals surface area contributed by atoms with Crippen molar-refractivity contribution in [3.05, 3.63) is 52.1 Å². The number of nitrogens with zero attached hydrogens (tertiary/aromatic N) is 1. The number of nitrogens with one attached hydrogen (secondary N) is 1. The summed E-state index contributed by atoms with van der Waals surface area (Å²) in [5.41, 5.74) is 2.22. The van der Waals surface area contributed by atoms with Crippen molar-refractivity contribution in [2.45, 2.75) is 39.7 Å². The summed E-state index contributed by atoms with van der Waals surface area (Å²) in [5.74, 6) is 0.619. The predicted molar refractivity (Wildman–Crippen MR) is 84.3 cm³/mol. The van der Waals surface area contributed by atoms with Crippen molar-refractivity contribution in [2.24, 2.45) is 0 Å². The van der Waals surface area contributed by atoms with Gasteiger partial charge < -0.3 is 9.72 Å². The van der Waals surface area contributed by atoms with Crippen molar-refractivity contribution in [1.82, 2.24) is 9.97 Å². The Bertz CT molecular complexity index is 629. The first-order valence-corrected chi connectivity index (χ1v) is 7.45. The largest absolute Gasteiger partial charge is 0.371 e. The summed E-state index contributed by atoms with van der Waals surface area (Å²) in [6, 6.07) is 9.78. The molecule has 0 saturated heterocycles. The zero-order valence-electron chi connectivity index (χ0n) is 12.8. The van der Waals surface area contributed by atoms with Crippen molar-refractivity contribution in [3.8, 4) is 11.3 Å². The van der Waals surface area contributed by atoms with E-state index in [1.54, 1.807) is 6.92 Å². The number of H-pyrrole nitrogens is 1. The minimum Gasteiger partial charge on any atom is -0.371 e. The average Bonchev–Trinajstić information content (AvgIpc) is 2.50. The Kier molecular flexibility index (Phi) is 5.28. The van der Waals surface area contributed by atoms with Crippen LogP contribution in [0.3, 0.4) is 0 Å². The van der Waals surface area contributed by atoms with E-state index in [0.29, 0.717) is 18.0 Å². The fourth-order valence-corrected chi connectivity index (χ4v) is 2.34. The zero-order chi connectivity index (χ0) is 15.2.